The minimum atomic E-state index is 0.924. The highest BCUT2D eigenvalue weighted by Gasteiger charge is 2.11. The standard InChI is InChI=1S/C48H28N2S2/c1-3-7-43-39(5-1)41-25-33(19-21-45(41)51-43)29-9-13-31(14-10-29)37-23-35-17-18-36-24-38(28-50-48(36)47(35)49-27-37)32-15-11-30(12-16-32)34-20-22-46-42(26-34)40-6-2-4-8-44(40)52-46/h1-28H. The molecule has 4 aromatic heterocycles. The van der Waals surface area contributed by atoms with Crippen molar-refractivity contribution in [3.63, 3.8) is 0 Å². The Hall–Kier alpha value is -6.20. The minimum Gasteiger partial charge on any atom is -0.253 e. The van der Waals surface area contributed by atoms with Gasteiger partial charge < -0.3 is 0 Å². The normalized spacial score (nSPS) is 11.8. The van der Waals surface area contributed by atoms with Gasteiger partial charge in [-0.25, -0.2) is 0 Å². The van der Waals surface area contributed by atoms with Crippen molar-refractivity contribution < 1.29 is 0 Å². The van der Waals surface area contributed by atoms with Gasteiger partial charge in [0, 0.05) is 74.6 Å². The van der Waals surface area contributed by atoms with E-state index in [4.69, 9.17) is 9.97 Å². The number of benzene rings is 7. The van der Waals surface area contributed by atoms with Crippen molar-refractivity contribution in [2.45, 2.75) is 0 Å². The largest absolute Gasteiger partial charge is 0.253 e. The molecule has 0 unspecified atom stereocenters. The Morgan fingerprint density at radius 2 is 0.654 bits per heavy atom. The zero-order valence-corrected chi connectivity index (χ0v) is 29.5. The summed E-state index contributed by atoms with van der Waals surface area (Å²) in [5.74, 6) is 0. The maximum Gasteiger partial charge on any atom is 0.0965 e. The number of hydrogen-bond donors (Lipinski definition) is 0. The Kier molecular flexibility index (Phi) is 6.63. The first-order valence-electron chi connectivity index (χ1n) is 17.4. The van der Waals surface area contributed by atoms with Gasteiger partial charge in [-0.2, -0.15) is 0 Å². The molecule has 11 rings (SSSR count). The SMILES string of the molecule is c1ccc2c(c1)sc1ccc(-c3ccc(-c4cnc5c(ccc6cc(-c7ccc(-c8ccc9sc%10ccccc%10c9c8)cc7)cnc65)c4)cc3)cc12. The Labute approximate surface area is 307 Å². The van der Waals surface area contributed by atoms with Crippen LogP contribution < -0.4 is 0 Å². The fraction of sp³-hybridized carbons (Fsp3) is 0. The van der Waals surface area contributed by atoms with E-state index in [-0.39, 0.29) is 0 Å². The van der Waals surface area contributed by atoms with Crippen LogP contribution in [0.3, 0.4) is 0 Å². The van der Waals surface area contributed by atoms with Gasteiger partial charge in [0.15, 0.2) is 0 Å². The van der Waals surface area contributed by atoms with E-state index in [1.165, 1.54) is 62.6 Å². The van der Waals surface area contributed by atoms with Crippen LogP contribution in [0, 0.1) is 0 Å². The molecule has 0 saturated heterocycles. The highest BCUT2D eigenvalue weighted by molar-refractivity contribution is 7.26. The van der Waals surface area contributed by atoms with Gasteiger partial charge in [0.1, 0.15) is 0 Å². The van der Waals surface area contributed by atoms with Gasteiger partial charge in [0.05, 0.1) is 11.0 Å². The molecule has 11 aromatic rings. The van der Waals surface area contributed by atoms with Gasteiger partial charge >= 0.3 is 0 Å². The molecule has 4 heterocycles. The first kappa shape index (κ1) is 29.5. The number of fused-ring (bicyclic) bond motifs is 9. The molecule has 0 amide bonds. The third kappa shape index (κ3) is 4.84. The van der Waals surface area contributed by atoms with Crippen molar-refractivity contribution >= 4 is 84.8 Å². The van der Waals surface area contributed by atoms with E-state index in [2.05, 4.69) is 158 Å². The molecule has 2 nitrogen and oxygen atoms in total. The molecular weight excluding hydrogens is 669 g/mol. The summed E-state index contributed by atoms with van der Waals surface area (Å²) in [4.78, 5) is 9.89. The second-order valence-electron chi connectivity index (χ2n) is 13.4. The van der Waals surface area contributed by atoms with Crippen LogP contribution in [0.1, 0.15) is 0 Å². The summed E-state index contributed by atoms with van der Waals surface area (Å²) in [5, 5.41) is 7.47. The van der Waals surface area contributed by atoms with Crippen molar-refractivity contribution in [1.29, 1.82) is 0 Å². The van der Waals surface area contributed by atoms with E-state index in [1.807, 2.05) is 35.1 Å². The topological polar surface area (TPSA) is 25.8 Å². The number of pyridine rings is 2. The molecule has 0 N–H and O–H groups in total. The molecular formula is C48H28N2S2. The van der Waals surface area contributed by atoms with Gasteiger partial charge in [-0.3, -0.25) is 9.97 Å². The van der Waals surface area contributed by atoms with Crippen LogP contribution in [0.25, 0.3) is 107 Å². The minimum absolute atomic E-state index is 0.924. The van der Waals surface area contributed by atoms with E-state index in [1.54, 1.807) is 0 Å². The van der Waals surface area contributed by atoms with E-state index in [9.17, 15) is 0 Å². The number of thiophene rings is 2. The van der Waals surface area contributed by atoms with Crippen LogP contribution >= 0.6 is 22.7 Å². The Morgan fingerprint density at radius 1 is 0.288 bits per heavy atom. The van der Waals surface area contributed by atoms with Crippen LogP contribution in [0.5, 0.6) is 0 Å². The molecule has 0 radical (unpaired) electrons. The van der Waals surface area contributed by atoms with Crippen molar-refractivity contribution in [1.82, 2.24) is 9.97 Å². The predicted molar refractivity (Wildman–Crippen MR) is 225 cm³/mol. The quantitative estimate of drug-likeness (QED) is 0.171. The maximum atomic E-state index is 4.95. The van der Waals surface area contributed by atoms with Gasteiger partial charge in [-0.15, -0.1) is 22.7 Å². The summed E-state index contributed by atoms with van der Waals surface area (Å²) in [6.45, 7) is 0. The first-order chi connectivity index (χ1) is 25.7. The molecule has 242 valence electrons. The molecule has 0 bridgehead atoms. The lowest BCUT2D eigenvalue weighted by molar-refractivity contribution is 1.37. The molecule has 7 aromatic carbocycles. The van der Waals surface area contributed by atoms with Gasteiger partial charge in [0.25, 0.3) is 0 Å². The average molecular weight is 697 g/mol. The Balaban J connectivity index is 0.867. The van der Waals surface area contributed by atoms with Gasteiger partial charge in [-0.05, 0) is 81.9 Å². The van der Waals surface area contributed by atoms with Crippen molar-refractivity contribution in [2.24, 2.45) is 0 Å². The fourth-order valence-electron chi connectivity index (χ4n) is 7.63. The zero-order valence-electron chi connectivity index (χ0n) is 27.9. The van der Waals surface area contributed by atoms with Gasteiger partial charge in [-0.1, -0.05) is 109 Å². The molecule has 0 spiro atoms. The number of hydrogen-bond acceptors (Lipinski definition) is 4. The maximum absolute atomic E-state index is 4.95. The van der Waals surface area contributed by atoms with E-state index in [0.717, 1.165) is 44.1 Å². The molecule has 0 atom stereocenters. The number of nitrogens with zero attached hydrogens (tertiary/aromatic N) is 2. The van der Waals surface area contributed by atoms with E-state index < -0.39 is 0 Å². The van der Waals surface area contributed by atoms with Crippen LogP contribution in [-0.2, 0) is 0 Å². The molecule has 52 heavy (non-hydrogen) atoms. The van der Waals surface area contributed by atoms with Gasteiger partial charge in [0.2, 0.25) is 0 Å². The van der Waals surface area contributed by atoms with Crippen LogP contribution in [0.4, 0.5) is 0 Å². The number of aromatic nitrogens is 2. The van der Waals surface area contributed by atoms with E-state index >= 15 is 0 Å². The Morgan fingerprint density at radius 3 is 1.10 bits per heavy atom. The van der Waals surface area contributed by atoms with E-state index in [0.29, 0.717) is 0 Å². The summed E-state index contributed by atoms with van der Waals surface area (Å²) >= 11 is 3.71. The smallest absolute Gasteiger partial charge is 0.0965 e. The molecule has 0 aliphatic carbocycles. The lowest BCUT2D eigenvalue weighted by Crippen LogP contribution is -1.89. The van der Waals surface area contributed by atoms with Crippen molar-refractivity contribution in [3.05, 3.63) is 170 Å². The third-order valence-corrected chi connectivity index (χ3v) is 12.7. The van der Waals surface area contributed by atoms with Crippen molar-refractivity contribution in [2.75, 3.05) is 0 Å². The molecule has 0 aliphatic rings. The fourth-order valence-corrected chi connectivity index (χ4v) is 9.80. The van der Waals surface area contributed by atoms with Crippen molar-refractivity contribution in [3.8, 4) is 44.5 Å². The molecule has 4 heteroatoms. The lowest BCUT2D eigenvalue weighted by Gasteiger charge is -2.09. The lowest BCUT2D eigenvalue weighted by atomic mass is 9.98. The van der Waals surface area contributed by atoms with Crippen LogP contribution in [0.2, 0.25) is 0 Å². The molecule has 0 aliphatic heterocycles. The third-order valence-electron chi connectivity index (χ3n) is 10.4. The second-order valence-corrected chi connectivity index (χ2v) is 15.6. The monoisotopic (exact) mass is 696 g/mol. The predicted octanol–water partition coefficient (Wildman–Crippen LogP) is 14.2. The highest BCUT2D eigenvalue weighted by Crippen LogP contribution is 2.39. The highest BCUT2D eigenvalue weighted by atomic mass is 32.1. The number of rotatable bonds is 4. The molecule has 0 fully saturated rings. The summed E-state index contributed by atoms with van der Waals surface area (Å²) in [6, 6.07) is 57.4. The van der Waals surface area contributed by atoms with Crippen LogP contribution in [-0.4, -0.2) is 9.97 Å². The van der Waals surface area contributed by atoms with Crippen LogP contribution in [0.15, 0.2) is 170 Å². The second kappa shape index (κ2) is 11.7. The Bertz CT molecular complexity index is 2950. The summed E-state index contributed by atoms with van der Waals surface area (Å²) in [7, 11) is 0. The molecule has 0 saturated carbocycles. The summed E-state index contributed by atoms with van der Waals surface area (Å²) < 4.78 is 5.32. The first-order valence-corrected chi connectivity index (χ1v) is 19.1. The summed E-state index contributed by atoms with van der Waals surface area (Å²) in [5.41, 5.74) is 11.2. The average Bonchev–Trinajstić information content (AvgIpc) is 3.78. The summed E-state index contributed by atoms with van der Waals surface area (Å²) in [6.07, 6.45) is 3.95. The zero-order chi connectivity index (χ0) is 34.2.